The lowest BCUT2D eigenvalue weighted by molar-refractivity contribution is -0.158. The van der Waals surface area contributed by atoms with Crippen LogP contribution in [0.2, 0.25) is 0 Å². The number of hydroxylamine groups is 2. The van der Waals surface area contributed by atoms with Crippen LogP contribution in [0.25, 0.3) is 0 Å². The van der Waals surface area contributed by atoms with Gasteiger partial charge < -0.3 is 5.32 Å². The van der Waals surface area contributed by atoms with Crippen molar-refractivity contribution in [1.29, 1.82) is 0 Å². The predicted octanol–water partition coefficient (Wildman–Crippen LogP) is 1.79. The molecule has 156 valence electrons. The molecule has 2 heterocycles. The molecule has 0 radical (unpaired) electrons. The molecule has 1 aliphatic carbocycles. The number of halogens is 1. The first-order valence-electron chi connectivity index (χ1n) is 9.67. The second kappa shape index (κ2) is 9.55. The van der Waals surface area contributed by atoms with Gasteiger partial charge in [-0.25, -0.2) is 15.1 Å². The van der Waals surface area contributed by atoms with Crippen molar-refractivity contribution < 1.29 is 24.0 Å². The molecule has 9 nitrogen and oxygen atoms in total. The molecule has 0 spiro atoms. The highest BCUT2D eigenvalue weighted by molar-refractivity contribution is 5.99. The summed E-state index contributed by atoms with van der Waals surface area (Å²) in [6.45, 7) is -0.162. The number of carbonyl (C=O) groups excluding carboxylic acids is 3. The Morgan fingerprint density at radius 3 is 2.83 bits per heavy atom. The van der Waals surface area contributed by atoms with Gasteiger partial charge in [-0.15, -0.1) is 0 Å². The average Bonchev–Trinajstić information content (AvgIpc) is 3.38. The largest absolute Gasteiger partial charge is 0.309 e. The molecule has 1 saturated carbocycles. The van der Waals surface area contributed by atoms with Crippen LogP contribution in [0.1, 0.15) is 38.5 Å². The van der Waals surface area contributed by atoms with Crippen LogP contribution in [-0.4, -0.2) is 57.3 Å². The Morgan fingerprint density at radius 1 is 1.38 bits per heavy atom. The molecule has 2 unspecified atom stereocenters. The van der Waals surface area contributed by atoms with Crippen LogP contribution in [0.5, 0.6) is 0 Å². The summed E-state index contributed by atoms with van der Waals surface area (Å²) < 4.78 is 13.2. The Kier molecular flexibility index (Phi) is 6.86. The fraction of sp³-hybridized carbons (Fsp3) is 0.526. The minimum atomic E-state index is -0.901. The summed E-state index contributed by atoms with van der Waals surface area (Å²) >= 11 is 0. The van der Waals surface area contributed by atoms with E-state index in [2.05, 4.69) is 15.4 Å². The molecule has 0 saturated heterocycles. The summed E-state index contributed by atoms with van der Waals surface area (Å²) in [5, 5.41) is 17.7. The van der Waals surface area contributed by atoms with Gasteiger partial charge in [0.05, 0.1) is 12.5 Å². The summed E-state index contributed by atoms with van der Waals surface area (Å²) in [5.74, 6) is -2.00. The Morgan fingerprint density at radius 2 is 2.14 bits per heavy atom. The topological polar surface area (TPSA) is 115 Å². The number of nitrogens with zero attached hydrogens (tertiary/aromatic N) is 4. The number of aromatic nitrogens is 1. The number of hydrogen-bond acceptors (Lipinski definition) is 6. The lowest BCUT2D eigenvalue weighted by Crippen LogP contribution is -2.46. The van der Waals surface area contributed by atoms with E-state index >= 15 is 0 Å². The molecule has 29 heavy (non-hydrogen) atoms. The zero-order valence-corrected chi connectivity index (χ0v) is 15.9. The number of rotatable bonds is 8. The molecule has 2 aliphatic rings. The molecule has 1 aliphatic heterocycles. The number of hydrazone groups is 1. The number of nitrogens with one attached hydrogen (secondary N) is 1. The number of anilines is 1. The smallest absolute Gasteiger partial charge is 0.250 e. The third-order valence-corrected chi connectivity index (χ3v) is 5.30. The lowest BCUT2D eigenvalue weighted by Gasteiger charge is -2.28. The minimum Gasteiger partial charge on any atom is -0.309 e. The molecule has 1 fully saturated rings. The van der Waals surface area contributed by atoms with E-state index in [0.717, 1.165) is 36.8 Å². The van der Waals surface area contributed by atoms with E-state index < -0.39 is 29.7 Å². The molecule has 2 N–H and O–H groups in total. The fourth-order valence-electron chi connectivity index (χ4n) is 3.89. The standard InChI is InChI=1S/C19H24FN5O4/c20-16-6-3-7-17(22-16)23-18(27)15-8-9-21-25(15)19(28)14(11-24(29)12-26)10-13-4-1-2-5-13/h3,6-7,9,12-15,29H,1-2,4-5,8,10-11H2,(H,22,23,27). The zero-order chi connectivity index (χ0) is 20.8. The van der Waals surface area contributed by atoms with Gasteiger partial charge in [0.15, 0.2) is 0 Å². The van der Waals surface area contributed by atoms with Gasteiger partial charge in [0.1, 0.15) is 11.9 Å². The van der Waals surface area contributed by atoms with Crippen molar-refractivity contribution in [3.63, 3.8) is 0 Å². The average molecular weight is 405 g/mol. The molecular weight excluding hydrogens is 381 g/mol. The lowest BCUT2D eigenvalue weighted by atomic mass is 9.92. The van der Waals surface area contributed by atoms with Crippen molar-refractivity contribution in [3.05, 3.63) is 24.1 Å². The van der Waals surface area contributed by atoms with Crippen LogP contribution in [-0.2, 0) is 14.4 Å². The number of pyridine rings is 1. The molecule has 3 rings (SSSR count). The molecule has 1 aromatic rings. The van der Waals surface area contributed by atoms with Gasteiger partial charge in [-0.2, -0.15) is 9.49 Å². The zero-order valence-electron chi connectivity index (χ0n) is 15.9. The predicted molar refractivity (Wildman–Crippen MR) is 101 cm³/mol. The van der Waals surface area contributed by atoms with E-state index in [4.69, 9.17) is 0 Å². The van der Waals surface area contributed by atoms with Crippen LogP contribution >= 0.6 is 0 Å². The number of carbonyl (C=O) groups is 3. The van der Waals surface area contributed by atoms with Crippen LogP contribution in [0, 0.1) is 17.8 Å². The van der Waals surface area contributed by atoms with Crippen LogP contribution in [0.4, 0.5) is 10.2 Å². The highest BCUT2D eigenvalue weighted by Crippen LogP contribution is 2.32. The molecule has 0 bridgehead atoms. The first-order chi connectivity index (χ1) is 14.0. The first kappa shape index (κ1) is 20.8. The maximum atomic E-state index is 13.2. The number of amides is 3. The number of hydrogen-bond donors (Lipinski definition) is 2. The summed E-state index contributed by atoms with van der Waals surface area (Å²) in [6, 6.07) is 3.12. The molecular formula is C19H24FN5O4. The van der Waals surface area contributed by atoms with Gasteiger partial charge in [0.2, 0.25) is 18.3 Å². The summed E-state index contributed by atoms with van der Waals surface area (Å²) in [4.78, 5) is 40.2. The van der Waals surface area contributed by atoms with Crippen molar-refractivity contribution in [2.24, 2.45) is 16.9 Å². The Balaban J connectivity index is 1.70. The van der Waals surface area contributed by atoms with Gasteiger partial charge in [-0.05, 0) is 24.5 Å². The molecule has 10 heteroatoms. The third-order valence-electron chi connectivity index (χ3n) is 5.30. The van der Waals surface area contributed by atoms with Crippen molar-refractivity contribution in [3.8, 4) is 0 Å². The van der Waals surface area contributed by atoms with E-state index in [1.54, 1.807) is 0 Å². The molecule has 2 atom stereocenters. The second-order valence-electron chi connectivity index (χ2n) is 7.38. The van der Waals surface area contributed by atoms with E-state index in [1.165, 1.54) is 18.3 Å². The van der Waals surface area contributed by atoms with E-state index in [0.29, 0.717) is 17.4 Å². The van der Waals surface area contributed by atoms with E-state index in [9.17, 15) is 24.0 Å². The van der Waals surface area contributed by atoms with Crippen LogP contribution in [0.15, 0.2) is 23.3 Å². The maximum Gasteiger partial charge on any atom is 0.250 e. The third kappa shape index (κ3) is 5.35. The molecule has 3 amide bonds. The van der Waals surface area contributed by atoms with Crippen LogP contribution < -0.4 is 5.32 Å². The van der Waals surface area contributed by atoms with Gasteiger partial charge in [0.25, 0.3) is 5.91 Å². The summed E-state index contributed by atoms with van der Waals surface area (Å²) in [7, 11) is 0. The van der Waals surface area contributed by atoms with Gasteiger partial charge >= 0.3 is 0 Å². The molecule has 0 aromatic carbocycles. The Bertz CT molecular complexity index is 784. The van der Waals surface area contributed by atoms with E-state index in [1.807, 2.05) is 0 Å². The maximum absolute atomic E-state index is 13.2. The normalized spacial score (nSPS) is 19.9. The highest BCUT2D eigenvalue weighted by Gasteiger charge is 2.38. The first-order valence-corrected chi connectivity index (χ1v) is 9.67. The SMILES string of the molecule is O=CN(O)CC(CC1CCCC1)C(=O)N1N=CCC1C(=O)Nc1cccc(F)n1. The van der Waals surface area contributed by atoms with Gasteiger partial charge in [0, 0.05) is 12.6 Å². The fourth-order valence-corrected chi connectivity index (χ4v) is 3.89. The van der Waals surface area contributed by atoms with Gasteiger partial charge in [-0.1, -0.05) is 31.7 Å². The minimum absolute atomic E-state index is 0.0410. The summed E-state index contributed by atoms with van der Waals surface area (Å²) in [6.07, 6.45) is 6.61. The highest BCUT2D eigenvalue weighted by atomic mass is 19.1. The quantitative estimate of drug-likeness (QED) is 0.296. The van der Waals surface area contributed by atoms with E-state index in [-0.39, 0.29) is 25.2 Å². The Hall–Kier alpha value is -2.88. The summed E-state index contributed by atoms with van der Waals surface area (Å²) in [5.41, 5.74) is 0. The second-order valence-corrected chi connectivity index (χ2v) is 7.38. The van der Waals surface area contributed by atoms with Crippen molar-refractivity contribution in [1.82, 2.24) is 15.1 Å². The van der Waals surface area contributed by atoms with Crippen LogP contribution in [0.3, 0.4) is 0 Å². The Labute approximate surface area is 167 Å². The van der Waals surface area contributed by atoms with Crippen molar-refractivity contribution in [2.75, 3.05) is 11.9 Å². The van der Waals surface area contributed by atoms with Crippen molar-refractivity contribution >= 4 is 30.3 Å². The van der Waals surface area contributed by atoms with Gasteiger partial charge in [-0.3, -0.25) is 19.6 Å². The monoisotopic (exact) mass is 405 g/mol. The molecule has 1 aromatic heterocycles. The van der Waals surface area contributed by atoms with Crippen molar-refractivity contribution in [2.45, 2.75) is 44.6 Å².